The Morgan fingerprint density at radius 2 is 2.07 bits per heavy atom. The Morgan fingerprint density at radius 3 is 2.81 bits per heavy atom. The van der Waals surface area contributed by atoms with Crippen molar-refractivity contribution in [2.24, 2.45) is 0 Å². The molecule has 2 heterocycles. The second-order valence-electron chi connectivity index (χ2n) is 6.38. The number of hydrogen-bond acceptors (Lipinski definition) is 7. The Kier molecular flexibility index (Phi) is 6.05. The maximum Gasteiger partial charge on any atom is 0.308 e. The molecule has 0 saturated carbocycles. The molecular weight excluding hydrogens is 392 g/mol. The molecule has 1 saturated heterocycles. The first-order valence-corrected chi connectivity index (χ1v) is 11.3. The predicted octanol–water partition coefficient (Wildman–Crippen LogP) is 0.362. The van der Waals surface area contributed by atoms with Crippen LogP contribution in [0.5, 0.6) is 0 Å². The number of carbonyl (C=O) groups excluding carboxylic acids is 3. The molecule has 0 aliphatic carbocycles. The number of ether oxygens (including phenoxy) is 1. The number of rotatable bonds is 6. The molecule has 3 rings (SSSR count). The monoisotopic (exact) mass is 412 g/mol. The lowest BCUT2D eigenvalue weighted by atomic mass is 10.2. The first-order chi connectivity index (χ1) is 12.8. The molecule has 2 aliphatic rings. The fourth-order valence-corrected chi connectivity index (χ4v) is 5.61. The third-order valence-corrected chi connectivity index (χ3v) is 7.13. The van der Waals surface area contributed by atoms with E-state index in [1.165, 1.54) is 11.8 Å². The number of sulfone groups is 1. The van der Waals surface area contributed by atoms with Gasteiger partial charge in [-0.05, 0) is 18.6 Å². The second kappa shape index (κ2) is 8.30. The lowest BCUT2D eigenvalue weighted by Gasteiger charge is -2.28. The summed E-state index contributed by atoms with van der Waals surface area (Å²) in [6, 6.07) is 7.04. The van der Waals surface area contributed by atoms with Crippen LogP contribution in [0.15, 0.2) is 29.2 Å². The summed E-state index contributed by atoms with van der Waals surface area (Å²) in [7, 11) is -3.08. The van der Waals surface area contributed by atoms with Crippen LogP contribution in [0, 0.1) is 0 Å². The van der Waals surface area contributed by atoms with Crippen molar-refractivity contribution < 1.29 is 27.5 Å². The Morgan fingerprint density at radius 1 is 1.30 bits per heavy atom. The van der Waals surface area contributed by atoms with Gasteiger partial charge in [-0.15, -0.1) is 11.8 Å². The topological polar surface area (TPSA) is 110 Å². The van der Waals surface area contributed by atoms with E-state index in [0.29, 0.717) is 12.2 Å². The highest BCUT2D eigenvalue weighted by molar-refractivity contribution is 8.00. The van der Waals surface area contributed by atoms with E-state index in [9.17, 15) is 22.8 Å². The van der Waals surface area contributed by atoms with Crippen LogP contribution >= 0.6 is 11.8 Å². The standard InChI is InChI=1S/C17H20N2O6S2/c20-15(18-12-6-8-27(23,24)11-12)9-25-17(22)5-7-19-13-3-1-2-4-14(13)26-10-16(19)21/h1-4,12H,5-11H2,(H,18,20)/t12-/m0/s1. The van der Waals surface area contributed by atoms with Gasteiger partial charge in [0, 0.05) is 17.5 Å². The molecule has 1 fully saturated rings. The molecular formula is C17H20N2O6S2. The molecule has 0 radical (unpaired) electrons. The number of nitrogens with one attached hydrogen (secondary N) is 1. The van der Waals surface area contributed by atoms with E-state index in [0.717, 1.165) is 10.6 Å². The van der Waals surface area contributed by atoms with E-state index in [2.05, 4.69) is 5.32 Å². The van der Waals surface area contributed by atoms with Crippen LogP contribution in [0.1, 0.15) is 12.8 Å². The Bertz CT molecular complexity index is 855. The number of esters is 1. The van der Waals surface area contributed by atoms with Crippen molar-refractivity contribution >= 4 is 45.1 Å². The molecule has 27 heavy (non-hydrogen) atoms. The average Bonchev–Trinajstić information content (AvgIpc) is 2.97. The van der Waals surface area contributed by atoms with Gasteiger partial charge < -0.3 is 15.0 Å². The van der Waals surface area contributed by atoms with Gasteiger partial charge in [0.05, 0.1) is 29.4 Å². The lowest BCUT2D eigenvalue weighted by molar-refractivity contribution is -0.148. The first kappa shape index (κ1) is 19.7. The number of para-hydroxylation sites is 1. The van der Waals surface area contributed by atoms with Crippen LogP contribution in [-0.4, -0.2) is 62.7 Å². The first-order valence-electron chi connectivity index (χ1n) is 8.52. The van der Waals surface area contributed by atoms with E-state index >= 15 is 0 Å². The number of fused-ring (bicyclic) bond motifs is 1. The SMILES string of the molecule is O=C(COC(=O)CCN1C(=O)CSc2ccccc21)N[C@H]1CCS(=O)(=O)C1. The molecule has 1 aromatic rings. The van der Waals surface area contributed by atoms with Gasteiger partial charge in [-0.3, -0.25) is 14.4 Å². The summed E-state index contributed by atoms with van der Waals surface area (Å²) in [5.41, 5.74) is 0.770. The van der Waals surface area contributed by atoms with Gasteiger partial charge in [0.2, 0.25) is 5.91 Å². The molecule has 1 aromatic carbocycles. The number of carbonyl (C=O) groups is 3. The summed E-state index contributed by atoms with van der Waals surface area (Å²) in [6.07, 6.45) is 0.340. The summed E-state index contributed by atoms with van der Waals surface area (Å²) in [6.45, 7) is -0.284. The molecule has 0 spiro atoms. The van der Waals surface area contributed by atoms with Crippen molar-refractivity contribution in [2.45, 2.75) is 23.8 Å². The molecule has 146 valence electrons. The average molecular weight is 412 g/mol. The third kappa shape index (κ3) is 5.23. The minimum Gasteiger partial charge on any atom is -0.456 e. The van der Waals surface area contributed by atoms with E-state index in [1.807, 2.05) is 24.3 Å². The number of amides is 2. The highest BCUT2D eigenvalue weighted by Crippen LogP contribution is 2.34. The van der Waals surface area contributed by atoms with Crippen molar-refractivity contribution in [1.29, 1.82) is 0 Å². The zero-order valence-electron chi connectivity index (χ0n) is 14.5. The molecule has 0 aromatic heterocycles. The normalized spacial score (nSPS) is 20.8. The van der Waals surface area contributed by atoms with Gasteiger partial charge in [0.25, 0.3) is 5.91 Å². The molecule has 8 nitrogen and oxygen atoms in total. The smallest absolute Gasteiger partial charge is 0.308 e. The molecule has 10 heteroatoms. The van der Waals surface area contributed by atoms with E-state index in [4.69, 9.17) is 4.74 Å². The van der Waals surface area contributed by atoms with Gasteiger partial charge in [-0.25, -0.2) is 8.42 Å². The minimum absolute atomic E-state index is 0.0319. The van der Waals surface area contributed by atoms with Crippen LogP contribution in [0.3, 0.4) is 0 Å². The maximum atomic E-state index is 12.1. The minimum atomic E-state index is -3.08. The van der Waals surface area contributed by atoms with Gasteiger partial charge in [0.15, 0.2) is 16.4 Å². The van der Waals surface area contributed by atoms with Gasteiger partial charge >= 0.3 is 5.97 Å². The molecule has 2 amide bonds. The second-order valence-corrected chi connectivity index (χ2v) is 9.63. The Labute approximate surface area is 161 Å². The summed E-state index contributed by atoms with van der Waals surface area (Å²) in [5.74, 6) is -0.901. The zero-order chi connectivity index (χ0) is 19.4. The lowest BCUT2D eigenvalue weighted by Crippen LogP contribution is -2.39. The molecule has 1 atom stereocenters. The fourth-order valence-electron chi connectivity index (χ4n) is 3.00. The number of anilines is 1. The zero-order valence-corrected chi connectivity index (χ0v) is 16.2. The van der Waals surface area contributed by atoms with Crippen molar-refractivity contribution in [3.63, 3.8) is 0 Å². The predicted molar refractivity (Wildman–Crippen MR) is 100 cm³/mol. The van der Waals surface area contributed by atoms with Crippen LogP contribution < -0.4 is 10.2 Å². The van der Waals surface area contributed by atoms with E-state index in [-0.39, 0.29) is 30.4 Å². The van der Waals surface area contributed by atoms with Crippen LogP contribution in [-0.2, 0) is 29.0 Å². The molecule has 1 N–H and O–H groups in total. The number of thioether (sulfide) groups is 1. The van der Waals surface area contributed by atoms with Crippen LogP contribution in [0.25, 0.3) is 0 Å². The van der Waals surface area contributed by atoms with E-state index in [1.54, 1.807) is 4.90 Å². The van der Waals surface area contributed by atoms with Crippen LogP contribution in [0.2, 0.25) is 0 Å². The fraction of sp³-hybridized carbons (Fsp3) is 0.471. The maximum absolute atomic E-state index is 12.1. The summed E-state index contributed by atoms with van der Waals surface area (Å²) in [4.78, 5) is 38.3. The molecule has 0 bridgehead atoms. The Hall–Kier alpha value is -2.07. The van der Waals surface area contributed by atoms with Crippen molar-refractivity contribution in [1.82, 2.24) is 5.32 Å². The highest BCUT2D eigenvalue weighted by Gasteiger charge is 2.29. The third-order valence-electron chi connectivity index (χ3n) is 4.31. The molecule has 0 unspecified atom stereocenters. The van der Waals surface area contributed by atoms with Crippen LogP contribution in [0.4, 0.5) is 5.69 Å². The summed E-state index contributed by atoms with van der Waals surface area (Å²) < 4.78 is 27.7. The number of nitrogens with zero attached hydrogens (tertiary/aromatic N) is 1. The quantitative estimate of drug-likeness (QED) is 0.672. The van der Waals surface area contributed by atoms with Gasteiger partial charge in [0.1, 0.15) is 0 Å². The van der Waals surface area contributed by atoms with Crippen molar-refractivity contribution in [3.05, 3.63) is 24.3 Å². The summed E-state index contributed by atoms with van der Waals surface area (Å²) in [5, 5.41) is 2.55. The Balaban J connectivity index is 1.44. The van der Waals surface area contributed by atoms with Crippen molar-refractivity contribution in [3.8, 4) is 0 Å². The van der Waals surface area contributed by atoms with E-state index < -0.39 is 34.4 Å². The van der Waals surface area contributed by atoms with Gasteiger partial charge in [-0.2, -0.15) is 0 Å². The number of hydrogen-bond donors (Lipinski definition) is 1. The number of benzene rings is 1. The van der Waals surface area contributed by atoms with Crippen molar-refractivity contribution in [2.75, 3.05) is 35.3 Å². The van der Waals surface area contributed by atoms with Gasteiger partial charge in [-0.1, -0.05) is 12.1 Å². The largest absolute Gasteiger partial charge is 0.456 e. The molecule has 2 aliphatic heterocycles. The summed E-state index contributed by atoms with van der Waals surface area (Å²) >= 11 is 1.46. The highest BCUT2D eigenvalue weighted by atomic mass is 32.2.